The molecule has 3 N–H and O–H groups in total. The molecule has 2 aromatic heterocycles. The number of amides is 1. The van der Waals surface area contributed by atoms with Gasteiger partial charge in [-0.1, -0.05) is 12.6 Å². The van der Waals surface area contributed by atoms with E-state index in [1.54, 1.807) is 33.7 Å². The number of carbonyl (C=O) groups is 1. The lowest BCUT2D eigenvalue weighted by molar-refractivity contribution is -0.127. The SMILES string of the molecule is C=CC(=O)N1CCC[C@@H](c2cn(-c3ccc(Oc4cccc(F)c4F)cc3)c3c(N)n[nH]c(=O)c23)C1. The fourth-order valence-electron chi connectivity index (χ4n) is 4.67. The number of ether oxygens (including phenoxy) is 1. The molecular weight excluding hydrogens is 468 g/mol. The van der Waals surface area contributed by atoms with Gasteiger partial charge in [0, 0.05) is 30.9 Å². The van der Waals surface area contributed by atoms with E-state index in [9.17, 15) is 18.4 Å². The predicted molar refractivity (Wildman–Crippen MR) is 131 cm³/mol. The number of nitrogens with one attached hydrogen (secondary N) is 1. The van der Waals surface area contributed by atoms with Crippen LogP contribution < -0.4 is 16.0 Å². The number of fused-ring (bicyclic) bond motifs is 1. The Morgan fingerprint density at radius 2 is 2.00 bits per heavy atom. The van der Waals surface area contributed by atoms with Crippen molar-refractivity contribution in [2.75, 3.05) is 18.8 Å². The third kappa shape index (κ3) is 4.10. The first-order valence-electron chi connectivity index (χ1n) is 11.4. The molecule has 1 amide bonds. The van der Waals surface area contributed by atoms with E-state index in [0.29, 0.717) is 35.4 Å². The first-order valence-corrected chi connectivity index (χ1v) is 11.4. The van der Waals surface area contributed by atoms with Gasteiger partial charge in [0.25, 0.3) is 5.56 Å². The summed E-state index contributed by atoms with van der Waals surface area (Å²) in [6.07, 6.45) is 4.72. The average molecular weight is 491 g/mol. The van der Waals surface area contributed by atoms with Crippen molar-refractivity contribution in [3.8, 4) is 17.2 Å². The second-order valence-electron chi connectivity index (χ2n) is 8.59. The molecule has 3 heterocycles. The van der Waals surface area contributed by atoms with Gasteiger partial charge in [-0.25, -0.2) is 9.49 Å². The lowest BCUT2D eigenvalue weighted by Crippen LogP contribution is -2.38. The summed E-state index contributed by atoms with van der Waals surface area (Å²) in [7, 11) is 0. The van der Waals surface area contributed by atoms with Gasteiger partial charge < -0.3 is 19.9 Å². The Bertz CT molecular complexity index is 1530. The van der Waals surface area contributed by atoms with Gasteiger partial charge >= 0.3 is 0 Å². The van der Waals surface area contributed by atoms with Gasteiger partial charge in [0.1, 0.15) is 11.3 Å². The highest BCUT2D eigenvalue weighted by Crippen LogP contribution is 2.35. The number of nitrogen functional groups attached to an aromatic ring is 1. The van der Waals surface area contributed by atoms with Gasteiger partial charge in [-0.2, -0.15) is 9.49 Å². The van der Waals surface area contributed by atoms with Gasteiger partial charge in [0.05, 0.1) is 5.39 Å². The third-order valence-corrected chi connectivity index (χ3v) is 6.39. The van der Waals surface area contributed by atoms with Crippen LogP contribution in [0, 0.1) is 11.6 Å². The zero-order valence-electron chi connectivity index (χ0n) is 19.2. The van der Waals surface area contributed by atoms with Crippen molar-refractivity contribution in [2.24, 2.45) is 0 Å². The molecule has 1 aliphatic heterocycles. The van der Waals surface area contributed by atoms with Crippen molar-refractivity contribution in [3.63, 3.8) is 0 Å². The molecule has 0 radical (unpaired) electrons. The van der Waals surface area contributed by atoms with E-state index >= 15 is 0 Å². The van der Waals surface area contributed by atoms with E-state index in [-0.39, 0.29) is 29.0 Å². The number of anilines is 1. The van der Waals surface area contributed by atoms with Crippen LogP contribution in [-0.2, 0) is 4.79 Å². The number of hydrogen-bond donors (Lipinski definition) is 2. The molecule has 36 heavy (non-hydrogen) atoms. The Hall–Kier alpha value is -4.47. The normalized spacial score (nSPS) is 15.7. The van der Waals surface area contributed by atoms with Crippen LogP contribution in [0.2, 0.25) is 0 Å². The number of rotatable bonds is 5. The number of carbonyl (C=O) groups excluding carboxylic acids is 1. The van der Waals surface area contributed by atoms with Crippen LogP contribution in [0.15, 0.2) is 66.1 Å². The summed E-state index contributed by atoms with van der Waals surface area (Å²) in [5, 5.41) is 6.81. The second-order valence-corrected chi connectivity index (χ2v) is 8.59. The van der Waals surface area contributed by atoms with Crippen molar-refractivity contribution in [1.82, 2.24) is 19.7 Å². The fraction of sp³-hybridized carbons (Fsp3) is 0.192. The van der Waals surface area contributed by atoms with Crippen LogP contribution in [0.5, 0.6) is 11.5 Å². The minimum atomic E-state index is -1.07. The molecular formula is C26H23F2N5O3. The molecule has 0 spiro atoms. The van der Waals surface area contributed by atoms with Crippen LogP contribution >= 0.6 is 0 Å². The number of hydrogen-bond acceptors (Lipinski definition) is 5. The lowest BCUT2D eigenvalue weighted by Gasteiger charge is -2.32. The highest BCUT2D eigenvalue weighted by molar-refractivity contribution is 5.92. The minimum absolute atomic E-state index is 0.0761. The Kier molecular flexibility index (Phi) is 6.01. The highest BCUT2D eigenvalue weighted by Gasteiger charge is 2.28. The monoisotopic (exact) mass is 491 g/mol. The largest absolute Gasteiger partial charge is 0.454 e. The Balaban J connectivity index is 1.54. The fourth-order valence-corrected chi connectivity index (χ4v) is 4.67. The zero-order chi connectivity index (χ0) is 25.4. The number of piperidine rings is 1. The molecule has 1 saturated heterocycles. The number of aromatic nitrogens is 3. The zero-order valence-corrected chi connectivity index (χ0v) is 19.2. The summed E-state index contributed by atoms with van der Waals surface area (Å²) in [6, 6.07) is 10.3. The number of H-pyrrole nitrogens is 1. The Labute approximate surface area is 204 Å². The van der Waals surface area contributed by atoms with Crippen LogP contribution in [0.3, 0.4) is 0 Å². The lowest BCUT2D eigenvalue weighted by atomic mass is 9.90. The summed E-state index contributed by atoms with van der Waals surface area (Å²) >= 11 is 0. The maximum absolute atomic E-state index is 14.0. The molecule has 2 aromatic carbocycles. The maximum Gasteiger partial charge on any atom is 0.274 e. The molecule has 1 fully saturated rings. The molecule has 1 aliphatic rings. The molecule has 8 nitrogen and oxygen atoms in total. The summed E-state index contributed by atoms with van der Waals surface area (Å²) in [5.41, 5.74) is 7.69. The smallest absolute Gasteiger partial charge is 0.274 e. The second kappa shape index (κ2) is 9.29. The third-order valence-electron chi connectivity index (χ3n) is 6.39. The number of nitrogens with zero attached hydrogens (tertiary/aromatic N) is 3. The topological polar surface area (TPSA) is 106 Å². The van der Waals surface area contributed by atoms with Crippen molar-refractivity contribution >= 4 is 22.6 Å². The van der Waals surface area contributed by atoms with Crippen LogP contribution in [0.25, 0.3) is 16.6 Å². The summed E-state index contributed by atoms with van der Waals surface area (Å²) in [5.74, 6) is -2.08. The number of nitrogens with two attached hydrogens (primary N) is 1. The van der Waals surface area contributed by atoms with Crippen molar-refractivity contribution in [1.29, 1.82) is 0 Å². The summed E-state index contributed by atoms with van der Waals surface area (Å²) in [6.45, 7) is 4.66. The van der Waals surface area contributed by atoms with Gasteiger partial charge in [-0.3, -0.25) is 9.59 Å². The van der Waals surface area contributed by atoms with Crippen LogP contribution in [0.1, 0.15) is 24.3 Å². The van der Waals surface area contributed by atoms with Crippen LogP contribution in [-0.4, -0.2) is 38.7 Å². The van der Waals surface area contributed by atoms with Crippen molar-refractivity contribution in [2.45, 2.75) is 18.8 Å². The Morgan fingerprint density at radius 3 is 2.75 bits per heavy atom. The summed E-state index contributed by atoms with van der Waals surface area (Å²) in [4.78, 5) is 26.8. The number of likely N-dealkylation sites (tertiary alicyclic amines) is 1. The molecule has 5 rings (SSSR count). The molecule has 1 atom stereocenters. The van der Waals surface area contributed by atoms with E-state index in [1.807, 2.05) is 6.20 Å². The molecule has 0 bridgehead atoms. The standard InChI is InChI=1S/C26H23F2N5O3/c1-2-21(34)32-12-4-5-15(13-32)18-14-33(24-22(18)26(35)31-30-25(24)29)16-8-10-17(11-9-16)36-20-7-3-6-19(27)23(20)28/h2-3,6-11,14-15H,1,4-5,12-13H2,(H2,29,30)(H,31,35)/t15-/m1/s1. The quantitative estimate of drug-likeness (QED) is 0.406. The molecule has 0 saturated carbocycles. The van der Waals surface area contributed by atoms with Gasteiger partial charge in [0.2, 0.25) is 11.7 Å². The first-order chi connectivity index (χ1) is 17.4. The average Bonchev–Trinajstić information content (AvgIpc) is 3.31. The number of aromatic amines is 1. The first kappa shape index (κ1) is 23.3. The van der Waals surface area contributed by atoms with Gasteiger partial charge in [0.15, 0.2) is 17.4 Å². The summed E-state index contributed by atoms with van der Waals surface area (Å²) < 4.78 is 34.7. The van der Waals surface area contributed by atoms with Gasteiger partial charge in [-0.15, -0.1) is 0 Å². The molecule has 184 valence electrons. The van der Waals surface area contributed by atoms with Crippen molar-refractivity contribution in [3.05, 3.63) is 88.9 Å². The van der Waals surface area contributed by atoms with E-state index in [1.165, 1.54) is 18.2 Å². The number of halogens is 2. The van der Waals surface area contributed by atoms with E-state index in [2.05, 4.69) is 16.8 Å². The van der Waals surface area contributed by atoms with Crippen molar-refractivity contribution < 1.29 is 18.3 Å². The van der Waals surface area contributed by atoms with E-state index in [4.69, 9.17) is 10.5 Å². The minimum Gasteiger partial charge on any atom is -0.454 e. The van der Waals surface area contributed by atoms with E-state index < -0.39 is 11.6 Å². The van der Waals surface area contributed by atoms with Crippen LogP contribution in [0.4, 0.5) is 14.6 Å². The highest BCUT2D eigenvalue weighted by atomic mass is 19.2. The van der Waals surface area contributed by atoms with Gasteiger partial charge in [-0.05, 0) is 60.9 Å². The van der Waals surface area contributed by atoms with E-state index in [0.717, 1.165) is 24.5 Å². The Morgan fingerprint density at radius 1 is 1.22 bits per heavy atom. The predicted octanol–water partition coefficient (Wildman–Crippen LogP) is 4.26. The number of benzene rings is 2. The molecule has 10 heteroatoms. The maximum atomic E-state index is 14.0. The molecule has 0 unspecified atom stereocenters. The molecule has 0 aliphatic carbocycles. The molecule has 4 aromatic rings.